The summed E-state index contributed by atoms with van der Waals surface area (Å²) in [4.78, 5) is 18.0. The minimum absolute atomic E-state index is 0.000785. The largest absolute Gasteiger partial charge is 0.503 e. The van der Waals surface area contributed by atoms with Gasteiger partial charge in [0.1, 0.15) is 0 Å². The number of imidazole rings is 1. The van der Waals surface area contributed by atoms with Crippen molar-refractivity contribution in [3.8, 4) is 11.5 Å². The molecule has 0 aliphatic heterocycles. The van der Waals surface area contributed by atoms with Crippen molar-refractivity contribution in [3.63, 3.8) is 0 Å². The molecule has 4 aromatic rings. The average molecular weight is 482 g/mol. The lowest BCUT2D eigenvalue weighted by Gasteiger charge is -2.09. The summed E-state index contributed by atoms with van der Waals surface area (Å²) in [5.74, 6) is 0.321. The van der Waals surface area contributed by atoms with Gasteiger partial charge in [-0.2, -0.15) is 0 Å². The topological polar surface area (TPSA) is 63.8 Å². The van der Waals surface area contributed by atoms with Crippen molar-refractivity contribution in [1.29, 1.82) is 0 Å². The minimum atomic E-state index is -0.122. The number of halogens is 2. The third kappa shape index (κ3) is 2.56. The molecule has 8 heteroatoms. The van der Waals surface area contributed by atoms with Gasteiger partial charge in [0.25, 0.3) is 5.56 Å². The van der Waals surface area contributed by atoms with Crippen molar-refractivity contribution in [2.45, 2.75) is 0 Å². The number of aromatic nitrogens is 2. The number of ether oxygens (including phenoxy) is 1. The molecule has 0 spiro atoms. The molecule has 25 heavy (non-hydrogen) atoms. The highest BCUT2D eigenvalue weighted by molar-refractivity contribution is 9.13. The summed E-state index contributed by atoms with van der Waals surface area (Å²) in [6, 6.07) is 9.22. The zero-order valence-corrected chi connectivity index (χ0v) is 16.8. The summed E-state index contributed by atoms with van der Waals surface area (Å²) in [5, 5.41) is 10.0. The van der Waals surface area contributed by atoms with Crippen LogP contribution >= 0.6 is 43.2 Å². The molecule has 0 saturated carbocycles. The van der Waals surface area contributed by atoms with Crippen molar-refractivity contribution >= 4 is 65.3 Å². The molecular formula is C17H10Br2N2O3S. The van der Waals surface area contributed by atoms with Gasteiger partial charge in [-0.1, -0.05) is 23.5 Å². The highest BCUT2D eigenvalue weighted by atomic mass is 79.9. The average Bonchev–Trinajstić information content (AvgIpc) is 3.12. The Labute approximate surface area is 162 Å². The lowest BCUT2D eigenvalue weighted by molar-refractivity contribution is 0.371. The van der Waals surface area contributed by atoms with E-state index in [9.17, 15) is 9.90 Å². The number of para-hydroxylation sites is 2. The molecule has 2 aromatic heterocycles. The van der Waals surface area contributed by atoms with E-state index < -0.39 is 0 Å². The fourth-order valence-electron chi connectivity index (χ4n) is 2.63. The Morgan fingerprint density at radius 1 is 1.28 bits per heavy atom. The molecule has 0 radical (unpaired) electrons. The highest BCUT2D eigenvalue weighted by Crippen LogP contribution is 2.41. The van der Waals surface area contributed by atoms with Crippen LogP contribution < -0.4 is 14.8 Å². The van der Waals surface area contributed by atoms with Gasteiger partial charge in [-0.25, -0.2) is 9.38 Å². The van der Waals surface area contributed by atoms with Gasteiger partial charge in [-0.05, 0) is 61.7 Å². The number of hydrogen-bond donors (Lipinski definition) is 1. The summed E-state index contributed by atoms with van der Waals surface area (Å²) in [6.07, 6.45) is 1.76. The van der Waals surface area contributed by atoms with Gasteiger partial charge >= 0.3 is 0 Å². The monoisotopic (exact) mass is 480 g/mol. The lowest BCUT2D eigenvalue weighted by atomic mass is 10.2. The zero-order valence-electron chi connectivity index (χ0n) is 12.8. The van der Waals surface area contributed by atoms with Crippen molar-refractivity contribution in [2.75, 3.05) is 7.11 Å². The second-order valence-corrected chi connectivity index (χ2v) is 7.87. The second kappa shape index (κ2) is 6.12. The number of phenols is 1. The highest BCUT2D eigenvalue weighted by Gasteiger charge is 2.15. The van der Waals surface area contributed by atoms with Gasteiger partial charge in [0.2, 0.25) is 0 Å². The number of aromatic hydroxyl groups is 1. The van der Waals surface area contributed by atoms with Crippen LogP contribution in [0.5, 0.6) is 11.5 Å². The standard InChI is InChI=1S/C17H10Br2N2O3S/c1-24-11-6-8(13(18)14(19)15(11)22)7-12-16(23)21-10-5-3-2-4-9(10)20-17(21)25-12/h2-7,22H,1H3. The van der Waals surface area contributed by atoms with Crippen LogP contribution in [-0.2, 0) is 0 Å². The molecule has 0 unspecified atom stereocenters. The number of benzene rings is 2. The molecule has 4 rings (SSSR count). The maximum absolute atomic E-state index is 12.8. The first-order valence-electron chi connectivity index (χ1n) is 7.18. The van der Waals surface area contributed by atoms with Crippen LogP contribution in [-0.4, -0.2) is 21.6 Å². The number of phenolic OH excluding ortho intramolecular Hbond substituents is 1. The number of thiazole rings is 1. The van der Waals surface area contributed by atoms with Crippen molar-refractivity contribution in [1.82, 2.24) is 9.38 Å². The lowest BCUT2D eigenvalue weighted by Crippen LogP contribution is -2.22. The van der Waals surface area contributed by atoms with Crippen molar-refractivity contribution < 1.29 is 9.84 Å². The normalized spacial score (nSPS) is 12.4. The molecule has 0 aliphatic rings. The third-order valence-electron chi connectivity index (χ3n) is 3.83. The van der Waals surface area contributed by atoms with E-state index in [1.54, 1.807) is 16.5 Å². The second-order valence-electron chi connectivity index (χ2n) is 5.28. The summed E-state index contributed by atoms with van der Waals surface area (Å²) < 4.78 is 8.45. The first-order valence-corrected chi connectivity index (χ1v) is 9.58. The summed E-state index contributed by atoms with van der Waals surface area (Å²) in [5.41, 5.74) is 2.19. The van der Waals surface area contributed by atoms with Gasteiger partial charge in [0.15, 0.2) is 16.5 Å². The Morgan fingerprint density at radius 3 is 2.80 bits per heavy atom. The molecule has 0 saturated heterocycles. The number of nitrogens with zero attached hydrogens (tertiary/aromatic N) is 2. The van der Waals surface area contributed by atoms with Crippen LogP contribution in [0.4, 0.5) is 0 Å². The Balaban J connectivity index is 2.01. The fraction of sp³-hybridized carbons (Fsp3) is 0.0588. The van der Waals surface area contributed by atoms with Gasteiger partial charge < -0.3 is 9.84 Å². The van der Waals surface area contributed by atoms with E-state index in [1.165, 1.54) is 18.4 Å². The number of methoxy groups -OCH3 is 1. The molecule has 0 fully saturated rings. The predicted octanol–water partition coefficient (Wildman–Crippen LogP) is 3.70. The van der Waals surface area contributed by atoms with Crippen LogP contribution in [0.2, 0.25) is 0 Å². The van der Waals surface area contributed by atoms with Crippen LogP contribution in [0.1, 0.15) is 5.56 Å². The van der Waals surface area contributed by atoms with E-state index >= 15 is 0 Å². The molecule has 0 aliphatic carbocycles. The van der Waals surface area contributed by atoms with Crippen LogP contribution in [0.15, 0.2) is 44.1 Å². The molecule has 1 N–H and O–H groups in total. The number of rotatable bonds is 2. The summed E-state index contributed by atoms with van der Waals surface area (Å²) >= 11 is 8.08. The van der Waals surface area contributed by atoms with Crippen LogP contribution in [0, 0.1) is 0 Å². The SMILES string of the molecule is COc1cc(C=c2sc3nc4ccccc4n3c2=O)c(Br)c(Br)c1O. The maximum Gasteiger partial charge on any atom is 0.274 e. The van der Waals surface area contributed by atoms with Gasteiger partial charge in [-0.15, -0.1) is 0 Å². The number of hydrogen-bond acceptors (Lipinski definition) is 5. The van der Waals surface area contributed by atoms with Gasteiger partial charge in [0.05, 0.1) is 27.1 Å². The predicted molar refractivity (Wildman–Crippen MR) is 106 cm³/mol. The molecule has 2 heterocycles. The number of fused-ring (bicyclic) bond motifs is 3. The van der Waals surface area contributed by atoms with E-state index in [4.69, 9.17) is 4.74 Å². The minimum Gasteiger partial charge on any atom is -0.503 e. The zero-order chi connectivity index (χ0) is 17.7. The van der Waals surface area contributed by atoms with E-state index in [2.05, 4.69) is 36.8 Å². The molecule has 2 aromatic carbocycles. The first kappa shape index (κ1) is 16.6. The Bertz CT molecular complexity index is 1250. The summed E-state index contributed by atoms with van der Waals surface area (Å²) in [7, 11) is 1.48. The maximum atomic E-state index is 12.8. The van der Waals surface area contributed by atoms with Crippen LogP contribution in [0.25, 0.3) is 22.1 Å². The van der Waals surface area contributed by atoms with E-state index in [0.717, 1.165) is 11.0 Å². The Morgan fingerprint density at radius 2 is 2.04 bits per heavy atom. The Kier molecular flexibility index (Phi) is 4.05. The van der Waals surface area contributed by atoms with Crippen LogP contribution in [0.3, 0.4) is 0 Å². The van der Waals surface area contributed by atoms with E-state index in [0.29, 0.717) is 29.8 Å². The molecular weight excluding hydrogens is 472 g/mol. The third-order valence-corrected chi connectivity index (χ3v) is 6.95. The molecule has 5 nitrogen and oxygen atoms in total. The van der Waals surface area contributed by atoms with Gasteiger partial charge in [-0.3, -0.25) is 4.79 Å². The van der Waals surface area contributed by atoms with Gasteiger partial charge in [0, 0.05) is 4.47 Å². The molecule has 0 amide bonds. The molecule has 0 bridgehead atoms. The summed E-state index contributed by atoms with van der Waals surface area (Å²) in [6.45, 7) is 0. The molecule has 126 valence electrons. The Hall–Kier alpha value is -1.90. The fourth-order valence-corrected chi connectivity index (χ4v) is 4.44. The van der Waals surface area contributed by atoms with Crippen molar-refractivity contribution in [2.24, 2.45) is 0 Å². The van der Waals surface area contributed by atoms with E-state index in [-0.39, 0.29) is 11.3 Å². The smallest absolute Gasteiger partial charge is 0.274 e. The van der Waals surface area contributed by atoms with Crippen molar-refractivity contribution in [3.05, 3.63) is 59.7 Å². The first-order chi connectivity index (χ1) is 12.0. The quantitative estimate of drug-likeness (QED) is 0.474. The van der Waals surface area contributed by atoms with E-state index in [1.807, 2.05) is 24.3 Å². The molecule has 0 atom stereocenters.